The first-order valence-corrected chi connectivity index (χ1v) is 8.22. The van der Waals surface area contributed by atoms with Crippen LogP contribution in [0.15, 0.2) is 42.9 Å². The van der Waals surface area contributed by atoms with E-state index in [1.807, 2.05) is 12.1 Å². The highest BCUT2D eigenvalue weighted by Gasteiger charge is 2.24. The Bertz CT molecular complexity index is 688. The third-order valence-corrected chi connectivity index (χ3v) is 4.04. The van der Waals surface area contributed by atoms with E-state index in [4.69, 9.17) is 14.2 Å². The highest BCUT2D eigenvalue weighted by atomic mass is 16.5. The number of likely N-dealkylation sites (tertiary alicyclic amines) is 1. The maximum atomic E-state index is 12.3. The Kier molecular flexibility index (Phi) is 5.66. The molecule has 1 saturated heterocycles. The fourth-order valence-electron chi connectivity index (χ4n) is 2.71. The number of rotatable bonds is 6. The molecule has 132 valence electrons. The van der Waals surface area contributed by atoms with Gasteiger partial charge in [-0.05, 0) is 12.1 Å². The van der Waals surface area contributed by atoms with E-state index in [-0.39, 0.29) is 18.6 Å². The summed E-state index contributed by atoms with van der Waals surface area (Å²) < 4.78 is 16.6. The summed E-state index contributed by atoms with van der Waals surface area (Å²) in [6, 6.07) is 7.29. The number of amides is 1. The van der Waals surface area contributed by atoms with Crippen molar-refractivity contribution in [3.05, 3.63) is 42.9 Å². The summed E-state index contributed by atoms with van der Waals surface area (Å²) in [6.45, 7) is 1.27. The van der Waals surface area contributed by atoms with Crippen molar-refractivity contribution in [2.75, 3.05) is 26.8 Å². The van der Waals surface area contributed by atoms with Crippen LogP contribution in [0.1, 0.15) is 12.8 Å². The van der Waals surface area contributed by atoms with Gasteiger partial charge in [0, 0.05) is 38.3 Å². The van der Waals surface area contributed by atoms with Crippen molar-refractivity contribution in [1.82, 2.24) is 14.9 Å². The first-order valence-electron chi connectivity index (χ1n) is 8.22. The summed E-state index contributed by atoms with van der Waals surface area (Å²) in [4.78, 5) is 22.2. The normalized spacial score (nSPS) is 14.8. The summed E-state index contributed by atoms with van der Waals surface area (Å²) in [5, 5.41) is 0. The highest BCUT2D eigenvalue weighted by molar-refractivity contribution is 5.78. The van der Waals surface area contributed by atoms with Crippen LogP contribution in [-0.2, 0) is 4.79 Å². The molecule has 0 unspecified atom stereocenters. The molecule has 1 fully saturated rings. The number of aromatic nitrogens is 2. The average Bonchev–Trinajstić information content (AvgIpc) is 2.67. The van der Waals surface area contributed by atoms with Gasteiger partial charge in [-0.15, -0.1) is 0 Å². The fraction of sp³-hybridized carbons (Fsp3) is 0.389. The number of piperidine rings is 1. The second kappa shape index (κ2) is 8.32. The van der Waals surface area contributed by atoms with Gasteiger partial charge in [-0.3, -0.25) is 9.78 Å². The van der Waals surface area contributed by atoms with E-state index in [1.165, 1.54) is 0 Å². The summed E-state index contributed by atoms with van der Waals surface area (Å²) >= 11 is 0. The van der Waals surface area contributed by atoms with E-state index in [9.17, 15) is 4.79 Å². The molecule has 7 heteroatoms. The van der Waals surface area contributed by atoms with Gasteiger partial charge in [-0.2, -0.15) is 0 Å². The Morgan fingerprint density at radius 3 is 2.64 bits per heavy atom. The first-order chi connectivity index (χ1) is 12.3. The lowest BCUT2D eigenvalue weighted by molar-refractivity contribution is -0.135. The zero-order valence-electron chi connectivity index (χ0n) is 14.1. The molecule has 1 amide bonds. The molecule has 2 heterocycles. The molecule has 0 N–H and O–H groups in total. The van der Waals surface area contributed by atoms with Gasteiger partial charge in [0.15, 0.2) is 18.1 Å². The minimum atomic E-state index is -0.0381. The van der Waals surface area contributed by atoms with Crippen LogP contribution in [0, 0.1) is 0 Å². The van der Waals surface area contributed by atoms with Crippen LogP contribution in [-0.4, -0.2) is 53.7 Å². The topological polar surface area (TPSA) is 73.8 Å². The van der Waals surface area contributed by atoms with Crippen LogP contribution in [0.2, 0.25) is 0 Å². The maximum Gasteiger partial charge on any atom is 0.260 e. The summed E-state index contributed by atoms with van der Waals surface area (Å²) in [5.74, 6) is 1.67. The summed E-state index contributed by atoms with van der Waals surface area (Å²) in [7, 11) is 1.58. The molecular weight excluding hydrogens is 322 g/mol. The van der Waals surface area contributed by atoms with Crippen LogP contribution < -0.4 is 14.2 Å². The van der Waals surface area contributed by atoms with Gasteiger partial charge in [-0.25, -0.2) is 4.98 Å². The highest BCUT2D eigenvalue weighted by Crippen LogP contribution is 2.26. The number of para-hydroxylation sites is 2. The third-order valence-electron chi connectivity index (χ3n) is 4.04. The standard InChI is InChI=1S/C18H21N3O4/c1-23-15-4-2-3-5-16(15)24-13-18(22)21-10-6-14(7-11-21)25-17-12-19-8-9-20-17/h2-5,8-9,12,14H,6-7,10-11,13H2,1H3. The van der Waals surface area contributed by atoms with Gasteiger partial charge in [-0.1, -0.05) is 12.1 Å². The van der Waals surface area contributed by atoms with Crippen LogP contribution in [0.4, 0.5) is 0 Å². The summed E-state index contributed by atoms with van der Waals surface area (Å²) in [6.07, 6.45) is 6.38. The van der Waals surface area contributed by atoms with Crippen molar-refractivity contribution in [3.8, 4) is 17.4 Å². The van der Waals surface area contributed by atoms with Crippen molar-refractivity contribution >= 4 is 5.91 Å². The second-order valence-electron chi connectivity index (χ2n) is 5.68. The predicted octanol–water partition coefficient (Wildman–Crippen LogP) is 1.93. The molecule has 1 aliphatic heterocycles. The Morgan fingerprint density at radius 1 is 1.20 bits per heavy atom. The summed E-state index contributed by atoms with van der Waals surface area (Å²) in [5.41, 5.74) is 0. The Hall–Kier alpha value is -2.83. The number of hydrogen-bond donors (Lipinski definition) is 0. The van der Waals surface area contributed by atoms with Gasteiger partial charge in [0.05, 0.1) is 13.3 Å². The number of ether oxygens (including phenoxy) is 3. The molecule has 0 bridgehead atoms. The molecule has 7 nitrogen and oxygen atoms in total. The van der Waals surface area contributed by atoms with Crippen molar-refractivity contribution < 1.29 is 19.0 Å². The third kappa shape index (κ3) is 4.59. The van der Waals surface area contributed by atoms with Crippen LogP contribution in [0.25, 0.3) is 0 Å². The Balaban J connectivity index is 1.45. The fourth-order valence-corrected chi connectivity index (χ4v) is 2.71. The van der Waals surface area contributed by atoms with Crippen molar-refractivity contribution in [3.63, 3.8) is 0 Å². The van der Waals surface area contributed by atoms with Crippen LogP contribution >= 0.6 is 0 Å². The van der Waals surface area contributed by atoms with E-state index in [1.54, 1.807) is 42.7 Å². The number of methoxy groups -OCH3 is 1. The smallest absolute Gasteiger partial charge is 0.260 e. The molecule has 3 rings (SSSR count). The molecular formula is C18H21N3O4. The van der Waals surface area contributed by atoms with E-state index < -0.39 is 0 Å². The predicted molar refractivity (Wildman–Crippen MR) is 90.8 cm³/mol. The minimum Gasteiger partial charge on any atom is -0.493 e. The monoisotopic (exact) mass is 343 g/mol. The molecule has 0 radical (unpaired) electrons. The zero-order chi connectivity index (χ0) is 17.5. The quantitative estimate of drug-likeness (QED) is 0.798. The van der Waals surface area contributed by atoms with E-state index in [0.29, 0.717) is 30.5 Å². The van der Waals surface area contributed by atoms with Gasteiger partial charge in [0.2, 0.25) is 5.88 Å². The largest absolute Gasteiger partial charge is 0.493 e. The number of carbonyl (C=O) groups is 1. The van der Waals surface area contributed by atoms with Gasteiger partial charge >= 0.3 is 0 Å². The SMILES string of the molecule is COc1ccccc1OCC(=O)N1CCC(Oc2cnccn2)CC1. The Morgan fingerprint density at radius 2 is 1.96 bits per heavy atom. The number of carbonyl (C=O) groups excluding carboxylic acids is 1. The van der Waals surface area contributed by atoms with Crippen molar-refractivity contribution in [1.29, 1.82) is 0 Å². The van der Waals surface area contributed by atoms with Crippen LogP contribution in [0.3, 0.4) is 0 Å². The van der Waals surface area contributed by atoms with Gasteiger partial charge < -0.3 is 19.1 Å². The van der Waals surface area contributed by atoms with Gasteiger partial charge in [0.25, 0.3) is 5.91 Å². The first kappa shape index (κ1) is 17.0. The molecule has 0 aliphatic carbocycles. The van der Waals surface area contributed by atoms with Gasteiger partial charge in [0.1, 0.15) is 6.10 Å². The molecule has 1 aromatic heterocycles. The van der Waals surface area contributed by atoms with Crippen molar-refractivity contribution in [2.24, 2.45) is 0 Å². The van der Waals surface area contributed by atoms with Crippen molar-refractivity contribution in [2.45, 2.75) is 18.9 Å². The number of hydrogen-bond acceptors (Lipinski definition) is 6. The molecule has 0 spiro atoms. The molecule has 0 atom stereocenters. The number of nitrogens with zero attached hydrogens (tertiary/aromatic N) is 3. The molecule has 0 saturated carbocycles. The lowest BCUT2D eigenvalue weighted by atomic mass is 10.1. The van der Waals surface area contributed by atoms with E-state index in [0.717, 1.165) is 12.8 Å². The Labute approximate surface area is 146 Å². The molecule has 1 aliphatic rings. The maximum absolute atomic E-state index is 12.3. The van der Waals surface area contributed by atoms with E-state index in [2.05, 4.69) is 9.97 Å². The molecule has 2 aromatic rings. The lowest BCUT2D eigenvalue weighted by Gasteiger charge is -2.31. The van der Waals surface area contributed by atoms with Crippen LogP contribution in [0.5, 0.6) is 17.4 Å². The second-order valence-corrected chi connectivity index (χ2v) is 5.68. The molecule has 1 aromatic carbocycles. The lowest BCUT2D eigenvalue weighted by Crippen LogP contribution is -2.43. The molecule has 25 heavy (non-hydrogen) atoms. The number of benzene rings is 1. The average molecular weight is 343 g/mol. The van der Waals surface area contributed by atoms with E-state index >= 15 is 0 Å². The zero-order valence-corrected chi connectivity index (χ0v) is 14.1. The minimum absolute atomic E-state index is 0.00391.